The van der Waals surface area contributed by atoms with Gasteiger partial charge in [0, 0.05) is 11.5 Å². The summed E-state index contributed by atoms with van der Waals surface area (Å²) in [5.74, 6) is -0.970. The van der Waals surface area contributed by atoms with Gasteiger partial charge in [0.05, 0.1) is 12.2 Å². The van der Waals surface area contributed by atoms with E-state index in [1.54, 1.807) is 12.1 Å². The predicted octanol–water partition coefficient (Wildman–Crippen LogP) is 8.35. The number of rotatable bonds is 14. The van der Waals surface area contributed by atoms with Crippen LogP contribution in [0.2, 0.25) is 0 Å². The van der Waals surface area contributed by atoms with Gasteiger partial charge in [-0.2, -0.15) is 4.89 Å². The highest BCUT2D eigenvalue weighted by atomic mass is 17.2. The van der Waals surface area contributed by atoms with Gasteiger partial charge in [0.1, 0.15) is 0 Å². The average molecular weight is 487 g/mol. The summed E-state index contributed by atoms with van der Waals surface area (Å²) in [4.78, 5) is 36.4. The molecule has 4 heteroatoms. The van der Waals surface area contributed by atoms with Crippen LogP contribution in [0.4, 0.5) is 0 Å². The molecule has 0 radical (unpaired) electrons. The molecule has 3 aromatic rings. The van der Waals surface area contributed by atoms with E-state index in [2.05, 4.69) is 13.8 Å². The number of carbonyl (C=O) groups excluding carboxylic acids is 2. The maximum Gasteiger partial charge on any atom is 0.373 e. The highest BCUT2D eigenvalue weighted by molar-refractivity contribution is 6.02. The zero-order chi connectivity index (χ0) is 25.8. The van der Waals surface area contributed by atoms with Crippen molar-refractivity contribution in [3.63, 3.8) is 0 Å². The van der Waals surface area contributed by atoms with Crippen molar-refractivity contribution in [2.24, 2.45) is 0 Å². The van der Waals surface area contributed by atoms with E-state index in [9.17, 15) is 9.59 Å². The standard InChI is InChI=1S/C32H38O4/c1-4-6-8-12-22-35-36-32(34)28-20-21-29(26-14-10-9-11-15-26)30(23-28)24(3)31(33)27-18-16-25(17-19-27)13-7-5-2/h9-11,14-21,23-24H,4-8,12-13,22H2,1-3H3. The van der Waals surface area contributed by atoms with Gasteiger partial charge in [0.25, 0.3) is 0 Å². The minimum absolute atomic E-state index is 0.0203. The number of unbranched alkanes of at least 4 members (excludes halogenated alkanes) is 4. The van der Waals surface area contributed by atoms with Gasteiger partial charge < -0.3 is 0 Å². The van der Waals surface area contributed by atoms with Crippen molar-refractivity contribution in [1.29, 1.82) is 0 Å². The number of carbonyl (C=O) groups is 2. The number of ketones is 1. The van der Waals surface area contributed by atoms with E-state index in [0.29, 0.717) is 17.7 Å². The third-order valence-corrected chi connectivity index (χ3v) is 6.51. The third kappa shape index (κ3) is 7.63. The topological polar surface area (TPSA) is 52.6 Å². The predicted molar refractivity (Wildman–Crippen MR) is 145 cm³/mol. The molecule has 4 nitrogen and oxygen atoms in total. The van der Waals surface area contributed by atoms with Crippen molar-refractivity contribution >= 4 is 11.8 Å². The lowest BCUT2D eigenvalue weighted by Crippen LogP contribution is -2.13. The Balaban J connectivity index is 1.82. The number of benzene rings is 3. The normalized spacial score (nSPS) is 11.8. The molecule has 3 rings (SSSR count). The summed E-state index contributed by atoms with van der Waals surface area (Å²) in [6.45, 7) is 6.59. The Bertz CT molecular complexity index is 1100. The van der Waals surface area contributed by atoms with E-state index in [-0.39, 0.29) is 5.78 Å². The SMILES string of the molecule is CCCCCCOOC(=O)c1ccc(-c2ccccc2)c(C(C)C(=O)c2ccc(CCCC)cc2)c1. The zero-order valence-electron chi connectivity index (χ0n) is 21.8. The molecule has 0 saturated carbocycles. The van der Waals surface area contributed by atoms with E-state index < -0.39 is 11.9 Å². The van der Waals surface area contributed by atoms with Crippen molar-refractivity contribution < 1.29 is 19.4 Å². The van der Waals surface area contributed by atoms with E-state index >= 15 is 0 Å². The first-order valence-electron chi connectivity index (χ1n) is 13.2. The quantitative estimate of drug-likeness (QED) is 0.0994. The third-order valence-electron chi connectivity index (χ3n) is 6.51. The highest BCUT2D eigenvalue weighted by Gasteiger charge is 2.23. The van der Waals surface area contributed by atoms with Gasteiger partial charge in [-0.05, 0) is 53.6 Å². The van der Waals surface area contributed by atoms with Gasteiger partial charge in [0.2, 0.25) is 0 Å². The van der Waals surface area contributed by atoms with Crippen LogP contribution < -0.4 is 0 Å². The Hall–Kier alpha value is -3.24. The lowest BCUT2D eigenvalue weighted by atomic mass is 9.85. The summed E-state index contributed by atoms with van der Waals surface area (Å²) in [7, 11) is 0. The molecular weight excluding hydrogens is 448 g/mol. The molecule has 0 fully saturated rings. The van der Waals surface area contributed by atoms with Crippen molar-refractivity contribution in [1.82, 2.24) is 0 Å². The van der Waals surface area contributed by atoms with E-state index in [0.717, 1.165) is 61.6 Å². The Morgan fingerprint density at radius 2 is 1.47 bits per heavy atom. The van der Waals surface area contributed by atoms with Crippen LogP contribution in [-0.4, -0.2) is 18.4 Å². The van der Waals surface area contributed by atoms with E-state index in [4.69, 9.17) is 9.78 Å². The second-order valence-electron chi connectivity index (χ2n) is 9.31. The average Bonchev–Trinajstić information content (AvgIpc) is 2.93. The van der Waals surface area contributed by atoms with Crippen LogP contribution in [0.15, 0.2) is 72.8 Å². The van der Waals surface area contributed by atoms with Crippen molar-refractivity contribution in [3.8, 4) is 11.1 Å². The molecular formula is C32H38O4. The molecule has 0 aliphatic heterocycles. The highest BCUT2D eigenvalue weighted by Crippen LogP contribution is 2.32. The lowest BCUT2D eigenvalue weighted by molar-refractivity contribution is -0.241. The van der Waals surface area contributed by atoms with E-state index in [1.165, 1.54) is 5.56 Å². The molecule has 0 aromatic heterocycles. The van der Waals surface area contributed by atoms with Crippen LogP contribution in [-0.2, 0) is 16.2 Å². The Labute approximate surface area is 215 Å². The Morgan fingerprint density at radius 1 is 0.778 bits per heavy atom. The van der Waals surface area contributed by atoms with Crippen LogP contribution >= 0.6 is 0 Å². The van der Waals surface area contributed by atoms with E-state index in [1.807, 2.05) is 67.6 Å². The lowest BCUT2D eigenvalue weighted by Gasteiger charge is -2.18. The fraction of sp³-hybridized carbons (Fsp3) is 0.375. The van der Waals surface area contributed by atoms with Gasteiger partial charge in [0.15, 0.2) is 5.78 Å². The number of hydrogen-bond donors (Lipinski definition) is 0. The summed E-state index contributed by atoms with van der Waals surface area (Å²) in [6.07, 6.45) is 7.46. The van der Waals surface area contributed by atoms with Crippen molar-refractivity contribution in [2.75, 3.05) is 6.61 Å². The van der Waals surface area contributed by atoms with Crippen LogP contribution in [0, 0.1) is 0 Å². The molecule has 0 spiro atoms. The molecule has 36 heavy (non-hydrogen) atoms. The number of Topliss-reactive ketones (excluding diaryl/α,β-unsaturated/α-hetero) is 1. The largest absolute Gasteiger partial charge is 0.373 e. The van der Waals surface area contributed by atoms with Gasteiger partial charge >= 0.3 is 5.97 Å². The minimum atomic E-state index is -0.550. The second-order valence-corrected chi connectivity index (χ2v) is 9.31. The first-order chi connectivity index (χ1) is 17.5. The first-order valence-corrected chi connectivity index (χ1v) is 13.2. The van der Waals surface area contributed by atoms with Crippen LogP contribution in [0.3, 0.4) is 0 Å². The molecule has 190 valence electrons. The monoisotopic (exact) mass is 486 g/mol. The summed E-state index contributed by atoms with van der Waals surface area (Å²) in [5.41, 5.74) is 4.99. The maximum atomic E-state index is 13.5. The molecule has 1 atom stereocenters. The molecule has 1 unspecified atom stereocenters. The van der Waals surface area contributed by atoms with Crippen LogP contribution in [0.5, 0.6) is 0 Å². The Kier molecular flexibility index (Phi) is 10.9. The fourth-order valence-electron chi connectivity index (χ4n) is 4.27. The van der Waals surface area contributed by atoms with Gasteiger partial charge in [-0.1, -0.05) is 107 Å². The molecule has 3 aromatic carbocycles. The summed E-state index contributed by atoms with van der Waals surface area (Å²) >= 11 is 0. The minimum Gasteiger partial charge on any atom is -0.294 e. The van der Waals surface area contributed by atoms with Crippen LogP contribution in [0.1, 0.15) is 97.1 Å². The van der Waals surface area contributed by atoms with Gasteiger partial charge in [-0.15, -0.1) is 0 Å². The molecule has 0 saturated heterocycles. The smallest absolute Gasteiger partial charge is 0.294 e. The van der Waals surface area contributed by atoms with Gasteiger partial charge in [-0.25, -0.2) is 4.79 Å². The fourth-order valence-corrected chi connectivity index (χ4v) is 4.27. The van der Waals surface area contributed by atoms with Gasteiger partial charge in [-0.3, -0.25) is 9.68 Å². The van der Waals surface area contributed by atoms with Crippen molar-refractivity contribution in [2.45, 2.75) is 71.6 Å². The molecule has 0 amide bonds. The summed E-state index contributed by atoms with van der Waals surface area (Å²) < 4.78 is 0. The second kappa shape index (κ2) is 14.4. The molecule has 0 N–H and O–H groups in total. The van der Waals surface area contributed by atoms with Crippen molar-refractivity contribution in [3.05, 3.63) is 95.1 Å². The molecule has 0 heterocycles. The maximum absolute atomic E-state index is 13.5. The van der Waals surface area contributed by atoms with Crippen LogP contribution in [0.25, 0.3) is 11.1 Å². The summed E-state index contributed by atoms with van der Waals surface area (Å²) in [6, 6.07) is 23.2. The number of aryl methyl sites for hydroxylation is 1. The molecule has 0 bridgehead atoms. The number of hydrogen-bond acceptors (Lipinski definition) is 4. The molecule has 0 aliphatic rings. The zero-order valence-corrected chi connectivity index (χ0v) is 21.8. The first kappa shape index (κ1) is 27.3. The molecule has 0 aliphatic carbocycles. The summed E-state index contributed by atoms with van der Waals surface area (Å²) in [5, 5.41) is 0. The Morgan fingerprint density at radius 3 is 2.17 bits per heavy atom.